The molecule has 9 nitrogen and oxygen atoms in total. The molecule has 0 atom stereocenters. The van der Waals surface area contributed by atoms with Crippen molar-refractivity contribution >= 4 is 23.7 Å². The fourth-order valence-corrected chi connectivity index (χ4v) is 1.44. The highest BCUT2D eigenvalue weighted by Crippen LogP contribution is 2.12. The summed E-state index contributed by atoms with van der Waals surface area (Å²) < 4.78 is 0. The highest BCUT2D eigenvalue weighted by Gasteiger charge is 2.01. The van der Waals surface area contributed by atoms with Gasteiger partial charge in [0.15, 0.2) is 0 Å². The van der Waals surface area contributed by atoms with Crippen molar-refractivity contribution in [2.45, 2.75) is 6.54 Å². The second-order valence-electron chi connectivity index (χ2n) is 5.16. The van der Waals surface area contributed by atoms with Gasteiger partial charge in [0, 0.05) is 39.1 Å². The Hall–Kier alpha value is -3.62. The average molecular weight is 373 g/mol. The van der Waals surface area contributed by atoms with Crippen LogP contribution < -0.4 is 20.2 Å². The number of amides is 1. The number of hydrogen-bond donors (Lipinski definition) is 0. The van der Waals surface area contributed by atoms with Crippen molar-refractivity contribution in [2.24, 2.45) is 0 Å². The summed E-state index contributed by atoms with van der Waals surface area (Å²) in [6.45, 7) is 0.783. The molecule has 1 aromatic carbocycles. The highest BCUT2D eigenvalue weighted by atomic mass is 16.4. The molecular formula is C18H19N3O6-3. The van der Waals surface area contributed by atoms with Crippen molar-refractivity contribution in [3.8, 4) is 0 Å². The van der Waals surface area contributed by atoms with Gasteiger partial charge in [-0.25, -0.2) is 0 Å². The zero-order valence-electron chi connectivity index (χ0n) is 15.1. The first-order valence-electron chi connectivity index (χ1n) is 7.53. The maximum atomic E-state index is 9.51. The van der Waals surface area contributed by atoms with E-state index in [2.05, 4.69) is 35.1 Å². The first-order valence-corrected chi connectivity index (χ1v) is 7.53. The molecule has 1 heterocycles. The third-order valence-electron chi connectivity index (χ3n) is 2.78. The van der Waals surface area contributed by atoms with Gasteiger partial charge in [-0.15, -0.1) is 0 Å². The molecule has 0 aliphatic carbocycles. The number of hydrogen-bond acceptors (Lipinski definition) is 8. The zero-order chi connectivity index (χ0) is 20.8. The van der Waals surface area contributed by atoms with E-state index >= 15 is 0 Å². The Kier molecular flexibility index (Phi) is 11.0. The molecule has 9 heteroatoms. The summed E-state index contributed by atoms with van der Waals surface area (Å²) in [4.78, 5) is 34.7. The van der Waals surface area contributed by atoms with E-state index in [9.17, 15) is 9.90 Å². The van der Waals surface area contributed by atoms with Crippen LogP contribution >= 0.6 is 0 Å². The number of pyridine rings is 1. The molecule has 0 aliphatic heterocycles. The van der Waals surface area contributed by atoms with E-state index in [0.29, 0.717) is 0 Å². The number of benzene rings is 1. The third kappa shape index (κ3) is 11.5. The summed E-state index contributed by atoms with van der Waals surface area (Å²) in [5.74, 6) is -4.37. The van der Waals surface area contributed by atoms with E-state index in [1.165, 1.54) is 19.8 Å². The van der Waals surface area contributed by atoms with Crippen molar-refractivity contribution in [2.75, 3.05) is 26.0 Å². The zero-order valence-corrected chi connectivity index (χ0v) is 15.1. The van der Waals surface area contributed by atoms with Gasteiger partial charge < -0.3 is 39.5 Å². The quantitative estimate of drug-likeness (QED) is 0.557. The molecule has 27 heavy (non-hydrogen) atoms. The Morgan fingerprint density at radius 3 is 1.85 bits per heavy atom. The minimum absolute atomic E-state index is 0.783. The van der Waals surface area contributed by atoms with Gasteiger partial charge in [-0.3, -0.25) is 4.98 Å². The van der Waals surface area contributed by atoms with Crippen LogP contribution in [-0.2, 0) is 16.1 Å². The molecule has 0 saturated carbocycles. The predicted molar refractivity (Wildman–Crippen MR) is 90.7 cm³/mol. The summed E-state index contributed by atoms with van der Waals surface area (Å²) in [6.07, 6.45) is 0.639. The second-order valence-corrected chi connectivity index (χ2v) is 5.16. The van der Waals surface area contributed by atoms with E-state index in [4.69, 9.17) is 19.8 Å². The monoisotopic (exact) mass is 373 g/mol. The van der Waals surface area contributed by atoms with Crippen LogP contribution in [0, 0.1) is 6.07 Å². The van der Waals surface area contributed by atoms with Gasteiger partial charge in [-0.2, -0.15) is 0 Å². The molecule has 0 saturated heterocycles. The molecule has 0 N–H and O–H groups in total. The van der Waals surface area contributed by atoms with Crippen molar-refractivity contribution in [1.82, 2.24) is 9.88 Å². The summed E-state index contributed by atoms with van der Waals surface area (Å²) in [5.41, 5.74) is 2.15. The summed E-state index contributed by atoms with van der Waals surface area (Å²) >= 11 is 0. The number of nitrogens with zero attached hydrogens (tertiary/aromatic N) is 3. The molecule has 0 spiro atoms. The number of para-hydroxylation sites is 1. The standard InChI is InChI=1S/C13H13N2.C3H7NO2.C2H2O4/c1-15(13-8-3-2-4-9-13)11-12-7-5-6-10-14-12;1-4(2)3(5)6;3-1(4)2(5)6/h2-6,8-10H,11H2,1H3;1-2H3,(H,5,6);(H,3,4)(H,5,6)/p-3. The van der Waals surface area contributed by atoms with Crippen LogP contribution in [0.1, 0.15) is 5.69 Å². The molecule has 0 bridgehead atoms. The van der Waals surface area contributed by atoms with Crippen LogP contribution in [0.3, 0.4) is 0 Å². The van der Waals surface area contributed by atoms with E-state index in [1.54, 1.807) is 6.20 Å². The van der Waals surface area contributed by atoms with Crippen LogP contribution in [0.2, 0.25) is 0 Å². The lowest BCUT2D eigenvalue weighted by Gasteiger charge is -2.18. The lowest BCUT2D eigenvalue weighted by Crippen LogP contribution is -2.42. The van der Waals surface area contributed by atoms with Gasteiger partial charge in [0.05, 0.1) is 24.2 Å². The van der Waals surface area contributed by atoms with Crippen LogP contribution in [0.25, 0.3) is 0 Å². The minimum atomic E-state index is -2.19. The molecule has 0 fully saturated rings. The van der Waals surface area contributed by atoms with Crippen molar-refractivity contribution in [3.05, 3.63) is 60.4 Å². The molecule has 0 unspecified atom stereocenters. The normalized spacial score (nSPS) is 8.85. The van der Waals surface area contributed by atoms with Gasteiger partial charge in [-0.1, -0.05) is 24.3 Å². The lowest BCUT2D eigenvalue weighted by atomic mass is 10.2. The number of aromatic nitrogens is 1. The van der Waals surface area contributed by atoms with Crippen LogP contribution in [0.4, 0.5) is 10.5 Å². The van der Waals surface area contributed by atoms with Crippen molar-refractivity contribution < 1.29 is 29.7 Å². The van der Waals surface area contributed by atoms with Crippen LogP contribution in [0.15, 0.2) is 48.7 Å². The van der Waals surface area contributed by atoms with Gasteiger partial charge in [0.1, 0.15) is 6.09 Å². The van der Waals surface area contributed by atoms with E-state index in [1.807, 2.05) is 30.3 Å². The minimum Gasteiger partial charge on any atom is -0.543 e. The predicted octanol–water partition coefficient (Wildman–Crippen LogP) is -2.10. The Morgan fingerprint density at radius 1 is 0.963 bits per heavy atom. The largest absolute Gasteiger partial charge is 0.543 e. The average Bonchev–Trinajstić information content (AvgIpc) is 2.64. The molecule has 2 aromatic rings. The van der Waals surface area contributed by atoms with Gasteiger partial charge >= 0.3 is 0 Å². The molecule has 1 aromatic heterocycles. The molecule has 145 valence electrons. The maximum absolute atomic E-state index is 9.51. The number of carboxylic acids is 2. The topological polar surface area (TPSA) is 140 Å². The molecule has 1 amide bonds. The molecule has 2 rings (SSSR count). The first-order chi connectivity index (χ1) is 12.6. The maximum Gasteiger partial charge on any atom is 0.136 e. The van der Waals surface area contributed by atoms with Gasteiger partial charge in [0.25, 0.3) is 0 Å². The Bertz CT molecular complexity index is 696. The smallest absolute Gasteiger partial charge is 0.136 e. The van der Waals surface area contributed by atoms with Crippen LogP contribution in [0.5, 0.6) is 0 Å². The summed E-state index contributed by atoms with van der Waals surface area (Å²) in [5, 5.41) is 27.4. The summed E-state index contributed by atoms with van der Waals surface area (Å²) in [7, 11) is 4.88. The van der Waals surface area contributed by atoms with Gasteiger partial charge in [0.2, 0.25) is 0 Å². The third-order valence-corrected chi connectivity index (χ3v) is 2.78. The van der Waals surface area contributed by atoms with E-state index < -0.39 is 18.0 Å². The molecule has 0 aliphatic rings. The molecule has 1 radical (unpaired) electrons. The Morgan fingerprint density at radius 2 is 1.48 bits per heavy atom. The number of carboxylic acid groups (broad SMARTS) is 3. The summed E-state index contributed by atoms with van der Waals surface area (Å²) in [6, 6.07) is 17.1. The Labute approximate surface area is 157 Å². The number of carbonyl (C=O) groups is 3. The highest BCUT2D eigenvalue weighted by molar-refractivity contribution is 6.25. The van der Waals surface area contributed by atoms with E-state index in [0.717, 1.165) is 17.1 Å². The first kappa shape index (κ1) is 23.4. The molecular weight excluding hydrogens is 354 g/mol. The fourth-order valence-electron chi connectivity index (χ4n) is 1.44. The van der Waals surface area contributed by atoms with E-state index in [-0.39, 0.29) is 0 Å². The Balaban J connectivity index is 0.000000470. The number of aliphatic carboxylic acids is 2. The number of anilines is 1. The number of rotatable bonds is 3. The lowest BCUT2D eigenvalue weighted by molar-refractivity contribution is -0.345. The fraction of sp³-hybridized carbons (Fsp3) is 0.222. The van der Waals surface area contributed by atoms with Crippen molar-refractivity contribution in [3.63, 3.8) is 0 Å². The van der Waals surface area contributed by atoms with Gasteiger partial charge in [-0.05, 0) is 18.2 Å². The van der Waals surface area contributed by atoms with Crippen LogP contribution in [-0.4, -0.2) is 49.1 Å². The second kappa shape index (κ2) is 12.7. The SMILES string of the molecule is CN(C)C(=O)[O-].CN(Cc1[c]cccn1)c1ccccc1.O=C([O-])C(=O)[O-]. The van der Waals surface area contributed by atoms with Crippen molar-refractivity contribution in [1.29, 1.82) is 0 Å². The number of carbonyl (C=O) groups excluding carboxylic acids is 3.